The molecular weight excluding hydrogens is 374 g/mol. The van der Waals surface area contributed by atoms with Crippen LogP contribution in [0.15, 0.2) is 61.1 Å². The Balaban J connectivity index is 0.00000272. The number of hydrogen-bond acceptors (Lipinski definition) is 5. The summed E-state index contributed by atoms with van der Waals surface area (Å²) in [7, 11) is 0. The summed E-state index contributed by atoms with van der Waals surface area (Å²) in [6.07, 6.45) is 8.13. The number of aromatic nitrogens is 3. The molecule has 156 valence electrons. The molecule has 0 unspecified atom stereocenters. The highest BCUT2D eigenvalue weighted by molar-refractivity contribution is 5.97. The fourth-order valence-corrected chi connectivity index (χ4v) is 3.93. The van der Waals surface area contributed by atoms with E-state index in [1.54, 1.807) is 24.7 Å². The quantitative estimate of drug-likeness (QED) is 0.682. The number of aryl methyl sites for hydroxylation is 1. The molecule has 0 spiro atoms. The maximum atomic E-state index is 13.3. The molecule has 3 heterocycles. The van der Waals surface area contributed by atoms with Crippen molar-refractivity contribution in [2.75, 3.05) is 16.8 Å². The topological polar surface area (TPSA) is 71.0 Å². The number of carbonyl (C=O) groups is 1. The van der Waals surface area contributed by atoms with Gasteiger partial charge in [-0.2, -0.15) is 0 Å². The second-order valence-electron chi connectivity index (χ2n) is 7.96. The SMILES string of the molecule is Cc1ccc(NC(=O)[C@H]2CC[C@@H](C)CCN2c2ccccn2)cc1-c1ncccn1.[HH]. The van der Waals surface area contributed by atoms with E-state index in [4.69, 9.17) is 0 Å². The van der Waals surface area contributed by atoms with Crippen molar-refractivity contribution in [3.8, 4) is 11.4 Å². The van der Waals surface area contributed by atoms with Crippen molar-refractivity contribution >= 4 is 17.4 Å². The molecule has 30 heavy (non-hydrogen) atoms. The average molecular weight is 404 g/mol. The zero-order chi connectivity index (χ0) is 20.9. The minimum atomic E-state index is -0.248. The maximum absolute atomic E-state index is 13.3. The van der Waals surface area contributed by atoms with E-state index in [9.17, 15) is 4.79 Å². The van der Waals surface area contributed by atoms with E-state index in [1.165, 1.54) is 0 Å². The molecule has 1 amide bonds. The molecule has 1 aliphatic rings. The Hall–Kier alpha value is -3.28. The first-order valence-electron chi connectivity index (χ1n) is 10.5. The molecule has 1 aromatic carbocycles. The number of amides is 1. The van der Waals surface area contributed by atoms with Gasteiger partial charge in [0.1, 0.15) is 11.9 Å². The van der Waals surface area contributed by atoms with Crippen LogP contribution in [0.5, 0.6) is 0 Å². The van der Waals surface area contributed by atoms with Crippen molar-refractivity contribution < 1.29 is 6.22 Å². The summed E-state index contributed by atoms with van der Waals surface area (Å²) in [6.45, 7) is 5.10. The van der Waals surface area contributed by atoms with Gasteiger partial charge in [0.25, 0.3) is 0 Å². The predicted molar refractivity (Wildman–Crippen MR) is 121 cm³/mol. The van der Waals surface area contributed by atoms with Gasteiger partial charge in [0.05, 0.1) is 0 Å². The van der Waals surface area contributed by atoms with E-state index in [0.29, 0.717) is 11.7 Å². The fraction of sp³-hybridized carbons (Fsp3) is 0.333. The molecule has 4 rings (SSSR count). The summed E-state index contributed by atoms with van der Waals surface area (Å²) in [5.74, 6) is 2.10. The van der Waals surface area contributed by atoms with Gasteiger partial charge >= 0.3 is 0 Å². The number of benzene rings is 1. The molecule has 2 aromatic heterocycles. The van der Waals surface area contributed by atoms with Gasteiger partial charge in [0.15, 0.2) is 5.82 Å². The van der Waals surface area contributed by atoms with Crippen molar-refractivity contribution in [1.29, 1.82) is 0 Å². The Morgan fingerprint density at radius 1 is 1.03 bits per heavy atom. The molecule has 0 radical (unpaired) electrons. The summed E-state index contributed by atoms with van der Waals surface area (Å²) in [5, 5.41) is 3.13. The summed E-state index contributed by atoms with van der Waals surface area (Å²) in [5.41, 5.74) is 2.74. The first kappa shape index (κ1) is 20.0. The first-order valence-corrected chi connectivity index (χ1v) is 10.5. The van der Waals surface area contributed by atoms with Crippen LogP contribution in [0.2, 0.25) is 0 Å². The van der Waals surface area contributed by atoms with Gasteiger partial charge in [-0.3, -0.25) is 4.79 Å². The second-order valence-corrected chi connectivity index (χ2v) is 7.96. The van der Waals surface area contributed by atoms with Crippen LogP contribution in [0.1, 0.15) is 33.2 Å². The molecule has 1 fully saturated rings. The number of rotatable bonds is 4. The van der Waals surface area contributed by atoms with Gasteiger partial charge in [0.2, 0.25) is 5.91 Å². The Morgan fingerprint density at radius 3 is 2.60 bits per heavy atom. The molecule has 6 nitrogen and oxygen atoms in total. The zero-order valence-corrected chi connectivity index (χ0v) is 17.5. The third kappa shape index (κ3) is 4.48. The van der Waals surface area contributed by atoms with E-state index >= 15 is 0 Å². The minimum absolute atomic E-state index is 0. The van der Waals surface area contributed by atoms with Crippen LogP contribution in [0, 0.1) is 12.8 Å². The van der Waals surface area contributed by atoms with Crippen molar-refractivity contribution in [2.45, 2.75) is 39.2 Å². The first-order chi connectivity index (χ1) is 14.6. The van der Waals surface area contributed by atoms with E-state index in [-0.39, 0.29) is 13.4 Å². The molecular formula is C24H29N5O. The minimum Gasteiger partial charge on any atom is -0.345 e. The lowest BCUT2D eigenvalue weighted by Gasteiger charge is -2.30. The molecule has 0 bridgehead atoms. The normalized spacial score (nSPS) is 19.2. The summed E-state index contributed by atoms with van der Waals surface area (Å²) in [6, 6.07) is 13.3. The molecule has 1 saturated heterocycles. The molecule has 0 saturated carbocycles. The Labute approximate surface area is 178 Å². The number of nitrogens with one attached hydrogen (secondary N) is 1. The van der Waals surface area contributed by atoms with Crippen molar-refractivity contribution in [1.82, 2.24) is 15.0 Å². The molecule has 6 heteroatoms. The molecule has 0 aliphatic carbocycles. The van der Waals surface area contributed by atoms with Gasteiger partial charge in [-0.05, 0) is 68.0 Å². The number of nitrogens with zero attached hydrogens (tertiary/aromatic N) is 4. The Bertz CT molecular complexity index is 999. The van der Waals surface area contributed by atoms with E-state index in [2.05, 4.69) is 32.1 Å². The van der Waals surface area contributed by atoms with E-state index in [1.807, 2.05) is 43.3 Å². The van der Waals surface area contributed by atoms with Crippen LogP contribution in [0.25, 0.3) is 11.4 Å². The Kier molecular flexibility index (Phi) is 6.02. The number of carbonyl (C=O) groups excluding carboxylic acids is 1. The van der Waals surface area contributed by atoms with Gasteiger partial charge < -0.3 is 10.2 Å². The highest BCUT2D eigenvalue weighted by Gasteiger charge is 2.30. The summed E-state index contributed by atoms with van der Waals surface area (Å²) >= 11 is 0. The predicted octanol–water partition coefficient (Wildman–Crippen LogP) is 4.73. The van der Waals surface area contributed by atoms with E-state index < -0.39 is 0 Å². The molecule has 3 aromatic rings. The van der Waals surface area contributed by atoms with Crippen LogP contribution in [-0.2, 0) is 4.79 Å². The lowest BCUT2D eigenvalue weighted by Crippen LogP contribution is -2.44. The lowest BCUT2D eigenvalue weighted by molar-refractivity contribution is -0.117. The van der Waals surface area contributed by atoms with Crippen LogP contribution >= 0.6 is 0 Å². The third-order valence-electron chi connectivity index (χ3n) is 5.73. The fourth-order valence-electron chi connectivity index (χ4n) is 3.93. The largest absolute Gasteiger partial charge is 0.345 e. The van der Waals surface area contributed by atoms with Gasteiger partial charge in [-0.1, -0.05) is 19.1 Å². The highest BCUT2D eigenvalue weighted by Crippen LogP contribution is 2.28. The van der Waals surface area contributed by atoms with Crippen molar-refractivity contribution in [2.24, 2.45) is 5.92 Å². The number of anilines is 2. The smallest absolute Gasteiger partial charge is 0.247 e. The van der Waals surface area contributed by atoms with E-state index in [0.717, 1.165) is 48.4 Å². The van der Waals surface area contributed by atoms with Crippen LogP contribution in [0.4, 0.5) is 11.5 Å². The van der Waals surface area contributed by atoms with Gasteiger partial charge in [-0.25, -0.2) is 15.0 Å². The zero-order valence-electron chi connectivity index (χ0n) is 17.5. The molecule has 2 atom stereocenters. The standard InChI is InChI=1S/C24H27N5O.H2/c1-17-7-10-21(29(15-11-17)22-6-3-4-12-25-22)24(30)28-19-9-8-18(2)20(16-19)23-26-13-5-14-27-23;/h3-6,8-9,12-14,16-17,21H,7,10-11,15H2,1-2H3,(H,28,30);1H/t17-,21-;/m1./s1. The maximum Gasteiger partial charge on any atom is 0.247 e. The van der Waals surface area contributed by atoms with Crippen LogP contribution in [0.3, 0.4) is 0 Å². The third-order valence-corrected chi connectivity index (χ3v) is 5.73. The summed E-state index contributed by atoms with van der Waals surface area (Å²) in [4.78, 5) is 28.7. The Morgan fingerprint density at radius 2 is 1.83 bits per heavy atom. The van der Waals surface area contributed by atoms with Crippen LogP contribution in [-0.4, -0.2) is 33.4 Å². The van der Waals surface area contributed by atoms with Gasteiger partial charge in [0, 0.05) is 37.8 Å². The van der Waals surface area contributed by atoms with Crippen molar-refractivity contribution in [3.63, 3.8) is 0 Å². The number of pyridine rings is 1. The monoisotopic (exact) mass is 403 g/mol. The number of hydrogen-bond donors (Lipinski definition) is 1. The average Bonchev–Trinajstić information content (AvgIpc) is 2.98. The molecule has 1 N–H and O–H groups in total. The molecule has 1 aliphatic heterocycles. The van der Waals surface area contributed by atoms with Gasteiger partial charge in [-0.15, -0.1) is 0 Å². The highest BCUT2D eigenvalue weighted by atomic mass is 16.2. The second kappa shape index (κ2) is 9.03. The summed E-state index contributed by atoms with van der Waals surface area (Å²) < 4.78 is 0. The van der Waals surface area contributed by atoms with Crippen molar-refractivity contribution in [3.05, 3.63) is 66.6 Å². The van der Waals surface area contributed by atoms with Crippen LogP contribution < -0.4 is 10.2 Å². The lowest BCUT2D eigenvalue weighted by atomic mass is 10.0.